The molecule has 1 saturated heterocycles. The molecule has 3 aliphatic carbocycles. The van der Waals surface area contributed by atoms with Crippen molar-refractivity contribution in [1.82, 2.24) is 20.3 Å². The topological polar surface area (TPSA) is 178 Å². The van der Waals surface area contributed by atoms with Crippen LogP contribution in [0.3, 0.4) is 0 Å². The van der Waals surface area contributed by atoms with Gasteiger partial charge in [-0.15, -0.1) is 6.58 Å². The van der Waals surface area contributed by atoms with E-state index >= 15 is 0 Å². The molecule has 2 aromatic carbocycles. The molecule has 0 radical (unpaired) electrons. The molecule has 4 amide bonds. The Labute approximate surface area is 304 Å². The van der Waals surface area contributed by atoms with E-state index in [1.807, 2.05) is 62.1 Å². The van der Waals surface area contributed by atoms with Crippen LogP contribution < -0.4 is 20.3 Å². The Balaban J connectivity index is 1.26. The second-order valence-corrected chi connectivity index (χ2v) is 17.3. The van der Waals surface area contributed by atoms with Crippen LogP contribution in [0.5, 0.6) is 0 Å². The van der Waals surface area contributed by atoms with Gasteiger partial charge in [-0.05, 0) is 85.8 Å². The quantitative estimate of drug-likeness (QED) is 0.289. The second-order valence-electron chi connectivity index (χ2n) is 15.4. The van der Waals surface area contributed by atoms with Crippen LogP contribution in [0.25, 0.3) is 11.1 Å². The number of carbonyl (C=O) groups is 4. The van der Waals surface area contributed by atoms with Crippen LogP contribution in [-0.4, -0.2) is 79.3 Å². The molecule has 4 atom stereocenters. The highest BCUT2D eigenvalue weighted by Crippen LogP contribution is 2.45. The van der Waals surface area contributed by atoms with Gasteiger partial charge in [-0.1, -0.05) is 51.1 Å². The maximum absolute atomic E-state index is 14.5. The van der Waals surface area contributed by atoms with Gasteiger partial charge in [0.15, 0.2) is 0 Å². The largest absolute Gasteiger partial charge is 0.446 e. The summed E-state index contributed by atoms with van der Waals surface area (Å²) in [6.07, 6.45) is 5.14. The standard InChI is InChI=1S/C38H46N6O7S/c1-5-27-20-38(27,35(47)42-52(49,50)30-18-19-30)41-33(45)31-22-43(28-16-14-26(15-17-28)25-12-10-24(21-39)11-13-25)23-44(31)34(46)32(37(2,3)4)40-36(48)51-29-8-6-7-9-29/h5,10-17,27,29-32H,1,6-9,18-20,22-23H2,2-4H3,(H,40,48)(H,41,45)(H,42,47)/t27-,31+,32-,38-/m1/s1. The predicted molar refractivity (Wildman–Crippen MR) is 194 cm³/mol. The first-order valence-electron chi connectivity index (χ1n) is 17.8. The van der Waals surface area contributed by atoms with Crippen molar-refractivity contribution >= 4 is 39.5 Å². The lowest BCUT2D eigenvalue weighted by Crippen LogP contribution is -2.60. The van der Waals surface area contributed by atoms with Gasteiger partial charge in [0.2, 0.25) is 21.8 Å². The smallest absolute Gasteiger partial charge is 0.408 e. The lowest BCUT2D eigenvalue weighted by Gasteiger charge is -2.35. The van der Waals surface area contributed by atoms with Crippen LogP contribution in [-0.2, 0) is 29.1 Å². The van der Waals surface area contributed by atoms with Gasteiger partial charge < -0.3 is 25.2 Å². The first kappa shape index (κ1) is 36.9. The molecule has 276 valence electrons. The number of nitriles is 1. The minimum Gasteiger partial charge on any atom is -0.446 e. The number of nitrogens with one attached hydrogen (secondary N) is 3. The van der Waals surface area contributed by atoms with Gasteiger partial charge in [0, 0.05) is 18.2 Å². The fraction of sp³-hybridized carbons (Fsp3) is 0.500. The van der Waals surface area contributed by atoms with E-state index in [0.29, 0.717) is 18.4 Å². The molecule has 1 aliphatic heterocycles. The Kier molecular flexibility index (Phi) is 10.1. The van der Waals surface area contributed by atoms with Gasteiger partial charge in [-0.25, -0.2) is 13.2 Å². The summed E-state index contributed by atoms with van der Waals surface area (Å²) in [6.45, 7) is 9.28. The molecule has 4 fully saturated rings. The first-order valence-corrected chi connectivity index (χ1v) is 19.3. The number of nitrogens with zero attached hydrogens (tertiary/aromatic N) is 3. The Morgan fingerprint density at radius 2 is 1.62 bits per heavy atom. The van der Waals surface area contributed by atoms with Crippen LogP contribution in [0.15, 0.2) is 61.2 Å². The zero-order chi connectivity index (χ0) is 37.4. The number of amides is 4. The average molecular weight is 731 g/mol. The van der Waals surface area contributed by atoms with Gasteiger partial charge in [0.05, 0.1) is 23.6 Å². The molecule has 52 heavy (non-hydrogen) atoms. The third-order valence-electron chi connectivity index (χ3n) is 10.5. The average Bonchev–Trinajstić information content (AvgIpc) is 3.99. The summed E-state index contributed by atoms with van der Waals surface area (Å²) in [5.41, 5.74) is 0.800. The van der Waals surface area contributed by atoms with E-state index in [9.17, 15) is 27.6 Å². The van der Waals surface area contributed by atoms with Gasteiger partial charge in [0.25, 0.3) is 5.91 Å². The van der Waals surface area contributed by atoms with Crippen molar-refractivity contribution in [3.05, 3.63) is 66.7 Å². The maximum atomic E-state index is 14.5. The predicted octanol–water partition coefficient (Wildman–Crippen LogP) is 3.95. The van der Waals surface area contributed by atoms with Gasteiger partial charge in [-0.2, -0.15) is 5.26 Å². The second kappa shape index (κ2) is 14.3. The summed E-state index contributed by atoms with van der Waals surface area (Å²) in [5, 5.41) is 14.1. The molecular formula is C38H46N6O7S. The number of ether oxygens (including phenoxy) is 1. The third-order valence-corrected chi connectivity index (χ3v) is 12.3. The zero-order valence-corrected chi connectivity index (χ0v) is 30.6. The highest BCUT2D eigenvalue weighted by molar-refractivity contribution is 7.91. The molecule has 13 nitrogen and oxygen atoms in total. The number of hydrogen-bond donors (Lipinski definition) is 3. The van der Waals surface area contributed by atoms with E-state index in [4.69, 9.17) is 10.00 Å². The Bertz CT molecular complexity index is 1880. The number of carbonyl (C=O) groups excluding carboxylic acids is 4. The van der Waals surface area contributed by atoms with Crippen molar-refractivity contribution in [3.63, 3.8) is 0 Å². The van der Waals surface area contributed by atoms with Gasteiger partial charge >= 0.3 is 6.09 Å². The molecule has 0 spiro atoms. The number of rotatable bonds is 11. The van der Waals surface area contributed by atoms with E-state index < -0.39 is 68.0 Å². The van der Waals surface area contributed by atoms with E-state index in [0.717, 1.165) is 42.5 Å². The summed E-state index contributed by atoms with van der Waals surface area (Å²) in [4.78, 5) is 58.5. The van der Waals surface area contributed by atoms with Crippen molar-refractivity contribution in [1.29, 1.82) is 5.26 Å². The number of sulfonamides is 1. The summed E-state index contributed by atoms with van der Waals surface area (Å²) >= 11 is 0. The number of anilines is 1. The van der Waals surface area contributed by atoms with Crippen molar-refractivity contribution in [2.45, 2.75) is 94.7 Å². The minimum atomic E-state index is -3.88. The fourth-order valence-corrected chi connectivity index (χ4v) is 8.39. The van der Waals surface area contributed by atoms with Gasteiger partial charge in [0.1, 0.15) is 23.7 Å². The molecule has 0 bridgehead atoms. The van der Waals surface area contributed by atoms with Crippen molar-refractivity contribution < 1.29 is 32.3 Å². The molecule has 0 unspecified atom stereocenters. The van der Waals surface area contributed by atoms with E-state index in [-0.39, 0.29) is 25.7 Å². The Morgan fingerprint density at radius 1 is 1.00 bits per heavy atom. The fourth-order valence-electron chi connectivity index (χ4n) is 7.03. The maximum Gasteiger partial charge on any atom is 0.408 e. The lowest BCUT2D eigenvalue weighted by atomic mass is 9.85. The molecule has 2 aromatic rings. The zero-order valence-electron chi connectivity index (χ0n) is 29.8. The summed E-state index contributed by atoms with van der Waals surface area (Å²) in [7, 11) is -3.88. The van der Waals surface area contributed by atoms with E-state index in [1.165, 1.54) is 11.0 Å². The van der Waals surface area contributed by atoms with Crippen LogP contribution in [0.1, 0.15) is 71.3 Å². The highest BCUT2D eigenvalue weighted by Gasteiger charge is 2.62. The number of hydrogen-bond acceptors (Lipinski definition) is 9. The number of benzene rings is 2. The van der Waals surface area contributed by atoms with Crippen LogP contribution in [0.4, 0.5) is 10.5 Å². The Morgan fingerprint density at radius 3 is 2.15 bits per heavy atom. The lowest BCUT2D eigenvalue weighted by molar-refractivity contribution is -0.142. The first-order chi connectivity index (χ1) is 24.6. The van der Waals surface area contributed by atoms with Crippen LogP contribution in [0, 0.1) is 22.7 Å². The molecule has 3 saturated carbocycles. The highest BCUT2D eigenvalue weighted by atomic mass is 32.2. The molecule has 6 rings (SSSR count). The minimum absolute atomic E-state index is 0.000785. The van der Waals surface area contributed by atoms with Gasteiger partial charge in [-0.3, -0.25) is 19.1 Å². The van der Waals surface area contributed by atoms with Crippen molar-refractivity contribution in [2.75, 3.05) is 18.1 Å². The SMILES string of the molecule is C=C[C@@H]1C[C@]1(NC(=O)[C@@H]1CN(c2ccc(-c3ccc(C#N)cc3)cc2)CN1C(=O)[C@@H](NC(=O)OC1CCCC1)C(C)(C)C)C(=O)NS(=O)(=O)C1CC1. The summed E-state index contributed by atoms with van der Waals surface area (Å²) < 4.78 is 33.2. The summed E-state index contributed by atoms with van der Waals surface area (Å²) in [6, 6.07) is 14.7. The number of alkyl carbamates (subject to hydrolysis) is 1. The van der Waals surface area contributed by atoms with Crippen molar-refractivity contribution in [3.8, 4) is 17.2 Å². The normalized spacial score (nSPS) is 23.7. The monoisotopic (exact) mass is 730 g/mol. The van der Waals surface area contributed by atoms with Crippen LogP contribution in [0.2, 0.25) is 0 Å². The molecule has 3 N–H and O–H groups in total. The van der Waals surface area contributed by atoms with Crippen molar-refractivity contribution in [2.24, 2.45) is 11.3 Å². The molecule has 0 aromatic heterocycles. The molecular weight excluding hydrogens is 685 g/mol. The van der Waals surface area contributed by atoms with E-state index in [1.54, 1.807) is 12.1 Å². The molecule has 1 heterocycles. The van der Waals surface area contributed by atoms with Crippen LogP contribution >= 0.6 is 0 Å². The van der Waals surface area contributed by atoms with E-state index in [2.05, 4.69) is 28.0 Å². The molecule has 14 heteroatoms. The Hall–Kier alpha value is -4.90. The third kappa shape index (κ3) is 7.79. The summed E-state index contributed by atoms with van der Waals surface area (Å²) in [5.74, 6) is -2.46. The molecule has 4 aliphatic rings.